The molecule has 1 atom stereocenters. The Bertz CT molecular complexity index is 784. The summed E-state index contributed by atoms with van der Waals surface area (Å²) in [5.74, 6) is -0.288. The molecule has 0 spiro atoms. The van der Waals surface area contributed by atoms with Gasteiger partial charge in [0.05, 0.1) is 5.02 Å². The largest absolute Gasteiger partial charge is 0.479 e. The molecular weight excluding hydrogens is 403 g/mol. The third-order valence-electron chi connectivity index (χ3n) is 3.14. The van der Waals surface area contributed by atoms with Crippen LogP contribution < -0.4 is 15.6 Å². The summed E-state index contributed by atoms with van der Waals surface area (Å²) in [6, 6.07) is 11.4. The first-order chi connectivity index (χ1) is 12.3. The molecule has 2 aromatic rings. The summed E-state index contributed by atoms with van der Waals surface area (Å²) < 4.78 is 10.4. The van der Waals surface area contributed by atoms with Gasteiger partial charge in [-0.15, -0.1) is 0 Å². The number of amides is 2. The predicted molar refractivity (Wildman–Crippen MR) is 99.5 cm³/mol. The summed E-state index contributed by atoms with van der Waals surface area (Å²) in [6.45, 7) is 1.53. The van der Waals surface area contributed by atoms with E-state index in [9.17, 15) is 9.59 Å². The molecule has 0 heterocycles. The lowest BCUT2D eigenvalue weighted by Gasteiger charge is -2.16. The van der Waals surface area contributed by atoms with Crippen molar-refractivity contribution in [2.75, 3.05) is 0 Å². The molecule has 6 nitrogen and oxygen atoms in total. The van der Waals surface area contributed by atoms with E-state index in [1.807, 2.05) is 0 Å². The van der Waals surface area contributed by atoms with Crippen molar-refractivity contribution in [3.05, 3.63) is 63.1 Å². The van der Waals surface area contributed by atoms with Crippen molar-refractivity contribution < 1.29 is 19.1 Å². The number of hydrogen-bond donors (Lipinski definition) is 2. The smallest absolute Gasteiger partial charge is 0.426 e. The lowest BCUT2D eigenvalue weighted by Crippen LogP contribution is -2.47. The second-order valence-corrected chi connectivity index (χ2v) is 6.43. The molecule has 0 aliphatic carbocycles. The number of carbonyl (C=O) groups excluding carboxylic acids is 2. The third-order valence-corrected chi connectivity index (χ3v) is 3.92. The van der Waals surface area contributed by atoms with E-state index >= 15 is 0 Å². The number of ether oxygens (including phenoxy) is 2. The second kappa shape index (κ2) is 9.52. The molecular formula is C17H15Cl3N2O4. The molecule has 2 aromatic carbocycles. The van der Waals surface area contributed by atoms with Crippen LogP contribution in [0.15, 0.2) is 42.5 Å². The monoisotopic (exact) mass is 416 g/mol. The minimum Gasteiger partial charge on any atom is -0.479 e. The Hall–Kier alpha value is -2.15. The van der Waals surface area contributed by atoms with E-state index in [0.29, 0.717) is 15.8 Å². The van der Waals surface area contributed by atoms with Crippen LogP contribution in [0.3, 0.4) is 0 Å². The maximum atomic E-state index is 12.0. The maximum absolute atomic E-state index is 12.0. The van der Waals surface area contributed by atoms with Gasteiger partial charge in [0, 0.05) is 10.0 Å². The summed E-state index contributed by atoms with van der Waals surface area (Å²) in [5, 5.41) is 1.30. The average molecular weight is 418 g/mol. The van der Waals surface area contributed by atoms with Crippen molar-refractivity contribution in [2.45, 2.75) is 19.6 Å². The number of hydrogen-bond acceptors (Lipinski definition) is 4. The minimum atomic E-state index is -0.912. The average Bonchev–Trinajstić information content (AvgIpc) is 2.61. The van der Waals surface area contributed by atoms with Crippen LogP contribution in [0, 0.1) is 0 Å². The lowest BCUT2D eigenvalue weighted by molar-refractivity contribution is -0.128. The van der Waals surface area contributed by atoms with Crippen LogP contribution in [0.4, 0.5) is 4.79 Å². The van der Waals surface area contributed by atoms with Gasteiger partial charge in [-0.2, -0.15) is 0 Å². The Balaban J connectivity index is 1.76. The molecule has 2 amide bonds. The van der Waals surface area contributed by atoms with Gasteiger partial charge >= 0.3 is 6.09 Å². The topological polar surface area (TPSA) is 76.7 Å². The quantitative estimate of drug-likeness (QED) is 0.708. The minimum absolute atomic E-state index is 0.0330. The lowest BCUT2D eigenvalue weighted by atomic mass is 10.2. The Morgan fingerprint density at radius 1 is 1.00 bits per heavy atom. The molecule has 2 N–H and O–H groups in total. The number of nitrogens with one attached hydrogen (secondary N) is 2. The molecule has 0 radical (unpaired) electrons. The van der Waals surface area contributed by atoms with Crippen LogP contribution >= 0.6 is 34.8 Å². The van der Waals surface area contributed by atoms with E-state index in [0.717, 1.165) is 5.56 Å². The van der Waals surface area contributed by atoms with Gasteiger partial charge in [-0.3, -0.25) is 10.2 Å². The molecule has 0 aromatic heterocycles. The summed E-state index contributed by atoms with van der Waals surface area (Å²) in [7, 11) is 0. The van der Waals surface area contributed by atoms with E-state index in [-0.39, 0.29) is 11.6 Å². The fraction of sp³-hybridized carbons (Fsp3) is 0.176. The normalized spacial score (nSPS) is 11.4. The second-order valence-electron chi connectivity index (χ2n) is 5.15. The Morgan fingerprint density at radius 3 is 2.31 bits per heavy atom. The molecule has 0 unspecified atom stereocenters. The standard InChI is InChI=1S/C17H15Cl3N2O4/c1-10(26-15-7-6-13(19)8-14(15)20)16(23)21-22-17(24)25-9-11-2-4-12(18)5-3-11/h2-8,10H,9H2,1H3,(H,21,23)(H,22,24)/t10-/m1/s1. The molecule has 0 fully saturated rings. The van der Waals surface area contributed by atoms with Crippen LogP contribution in [0.25, 0.3) is 0 Å². The van der Waals surface area contributed by atoms with Crippen LogP contribution in [-0.4, -0.2) is 18.1 Å². The first-order valence-corrected chi connectivity index (χ1v) is 8.57. The van der Waals surface area contributed by atoms with E-state index in [4.69, 9.17) is 44.3 Å². The van der Waals surface area contributed by atoms with Crippen LogP contribution in [0.1, 0.15) is 12.5 Å². The zero-order chi connectivity index (χ0) is 19.1. The van der Waals surface area contributed by atoms with E-state index in [2.05, 4.69) is 10.9 Å². The number of halogens is 3. The summed E-state index contributed by atoms with van der Waals surface area (Å²) in [6.07, 6.45) is -1.73. The molecule has 0 bridgehead atoms. The summed E-state index contributed by atoms with van der Waals surface area (Å²) in [4.78, 5) is 23.6. The van der Waals surface area contributed by atoms with Gasteiger partial charge in [-0.1, -0.05) is 46.9 Å². The number of carbonyl (C=O) groups is 2. The fourth-order valence-electron chi connectivity index (χ4n) is 1.79. The SMILES string of the molecule is C[C@@H](Oc1ccc(Cl)cc1Cl)C(=O)NNC(=O)OCc1ccc(Cl)cc1. The van der Waals surface area contributed by atoms with Crippen molar-refractivity contribution in [1.82, 2.24) is 10.9 Å². The Kier molecular flexibility index (Phi) is 7.38. The highest BCUT2D eigenvalue weighted by Crippen LogP contribution is 2.28. The molecule has 0 saturated heterocycles. The van der Waals surface area contributed by atoms with Gasteiger partial charge in [0.25, 0.3) is 5.91 Å². The Morgan fingerprint density at radius 2 is 1.65 bits per heavy atom. The summed E-state index contributed by atoms with van der Waals surface area (Å²) >= 11 is 17.5. The molecule has 0 aliphatic rings. The van der Waals surface area contributed by atoms with Crippen molar-refractivity contribution in [1.29, 1.82) is 0 Å². The van der Waals surface area contributed by atoms with E-state index < -0.39 is 18.1 Å². The summed E-state index contributed by atoms with van der Waals surface area (Å²) in [5.41, 5.74) is 5.09. The molecule has 0 saturated carbocycles. The zero-order valence-corrected chi connectivity index (χ0v) is 15.9. The predicted octanol–water partition coefficient (Wildman–Crippen LogP) is 4.37. The first kappa shape index (κ1) is 20.2. The molecule has 0 aliphatic heterocycles. The zero-order valence-electron chi connectivity index (χ0n) is 13.6. The van der Waals surface area contributed by atoms with Gasteiger partial charge in [0.1, 0.15) is 12.4 Å². The molecule has 9 heteroatoms. The maximum Gasteiger partial charge on any atom is 0.426 e. The van der Waals surface area contributed by atoms with Crippen molar-refractivity contribution in [3.8, 4) is 5.75 Å². The highest BCUT2D eigenvalue weighted by Gasteiger charge is 2.17. The Labute approximate surface area is 165 Å². The third kappa shape index (κ3) is 6.29. The molecule has 2 rings (SSSR count). The van der Waals surface area contributed by atoms with Crippen LogP contribution in [0.2, 0.25) is 15.1 Å². The highest BCUT2D eigenvalue weighted by atomic mass is 35.5. The number of hydrazine groups is 1. The van der Waals surface area contributed by atoms with Gasteiger partial charge in [0.15, 0.2) is 6.10 Å². The van der Waals surface area contributed by atoms with Crippen LogP contribution in [-0.2, 0) is 16.1 Å². The fourth-order valence-corrected chi connectivity index (χ4v) is 2.37. The number of rotatable bonds is 5. The number of benzene rings is 2. The van der Waals surface area contributed by atoms with Gasteiger partial charge in [-0.05, 0) is 42.8 Å². The molecule has 138 valence electrons. The van der Waals surface area contributed by atoms with Crippen molar-refractivity contribution in [2.24, 2.45) is 0 Å². The van der Waals surface area contributed by atoms with Gasteiger partial charge in [-0.25, -0.2) is 10.2 Å². The van der Waals surface area contributed by atoms with E-state index in [1.165, 1.54) is 13.0 Å². The van der Waals surface area contributed by atoms with Gasteiger partial charge < -0.3 is 9.47 Å². The molecule has 26 heavy (non-hydrogen) atoms. The van der Waals surface area contributed by atoms with Crippen molar-refractivity contribution in [3.63, 3.8) is 0 Å². The van der Waals surface area contributed by atoms with Crippen molar-refractivity contribution >= 4 is 46.8 Å². The highest BCUT2D eigenvalue weighted by molar-refractivity contribution is 6.35. The van der Waals surface area contributed by atoms with E-state index in [1.54, 1.807) is 36.4 Å². The van der Waals surface area contributed by atoms with Gasteiger partial charge in [0.2, 0.25) is 0 Å². The first-order valence-electron chi connectivity index (χ1n) is 7.44. The van der Waals surface area contributed by atoms with Crippen LogP contribution in [0.5, 0.6) is 5.75 Å².